The van der Waals surface area contributed by atoms with Gasteiger partial charge in [0.2, 0.25) is 11.9 Å². The number of hydrogen-bond acceptors (Lipinski definition) is 8. The van der Waals surface area contributed by atoms with Gasteiger partial charge in [-0.2, -0.15) is 0 Å². The average Bonchev–Trinajstić information content (AvgIpc) is 2.87. The van der Waals surface area contributed by atoms with E-state index in [0.717, 1.165) is 54.5 Å². The Balaban J connectivity index is 1.07. The molecule has 2 N–H and O–H groups in total. The van der Waals surface area contributed by atoms with Gasteiger partial charge in [0, 0.05) is 49.2 Å². The van der Waals surface area contributed by atoms with Crippen molar-refractivity contribution >= 4 is 40.2 Å². The van der Waals surface area contributed by atoms with Gasteiger partial charge in [0.05, 0.1) is 25.2 Å². The first-order valence-corrected chi connectivity index (χ1v) is 12.9. The van der Waals surface area contributed by atoms with Crippen LogP contribution in [0.25, 0.3) is 10.9 Å². The van der Waals surface area contributed by atoms with Gasteiger partial charge in [0.25, 0.3) is 0 Å². The van der Waals surface area contributed by atoms with Crippen molar-refractivity contribution in [2.75, 3.05) is 37.4 Å². The van der Waals surface area contributed by atoms with Crippen LogP contribution >= 0.6 is 11.6 Å². The fourth-order valence-electron chi connectivity index (χ4n) is 4.78. The molecule has 3 aromatic rings. The average molecular weight is 510 g/mol. The quantitative estimate of drug-likeness (QED) is 0.437. The molecule has 1 saturated carbocycles. The lowest BCUT2D eigenvalue weighted by Crippen LogP contribution is -2.50. The standard InChI is InChI=1S/C26H32ClN7O2/c1-16(25(35)34(2)21-14-36-15-21)19-12-30-26(31-13-19)29-11-17-3-6-20(7-4-17)32-22-8-5-18-9-10-28-24(27)23(18)33-22/h5,8-10,12-13,16-17,20-21H,3-4,6-7,11,14-15H2,1-2H3,(H,32,33)(H,29,30,31)/t16?,17-,20-. The third-order valence-corrected chi connectivity index (χ3v) is 7.65. The van der Waals surface area contributed by atoms with Crippen molar-refractivity contribution in [1.82, 2.24) is 24.8 Å². The number of halogens is 1. The highest BCUT2D eigenvalue weighted by Gasteiger charge is 2.30. The van der Waals surface area contributed by atoms with E-state index in [0.29, 0.717) is 36.3 Å². The molecule has 36 heavy (non-hydrogen) atoms. The zero-order valence-electron chi connectivity index (χ0n) is 20.7. The Bertz CT molecular complexity index is 1200. The lowest BCUT2D eigenvalue weighted by atomic mass is 9.86. The van der Waals surface area contributed by atoms with Crippen molar-refractivity contribution in [2.24, 2.45) is 5.92 Å². The van der Waals surface area contributed by atoms with Crippen LogP contribution in [0, 0.1) is 5.92 Å². The number of aromatic nitrogens is 4. The van der Waals surface area contributed by atoms with E-state index in [1.54, 1.807) is 23.5 Å². The fraction of sp³-hybridized carbons (Fsp3) is 0.500. The van der Waals surface area contributed by atoms with E-state index in [1.165, 1.54) is 0 Å². The first-order valence-electron chi connectivity index (χ1n) is 12.6. The number of fused-ring (bicyclic) bond motifs is 1. The zero-order valence-corrected chi connectivity index (χ0v) is 21.4. The van der Waals surface area contributed by atoms with E-state index in [2.05, 4.69) is 30.6 Å². The highest BCUT2D eigenvalue weighted by atomic mass is 35.5. The number of anilines is 2. The number of carbonyl (C=O) groups excluding carboxylic acids is 1. The highest BCUT2D eigenvalue weighted by Crippen LogP contribution is 2.28. The number of rotatable bonds is 8. The van der Waals surface area contributed by atoms with Gasteiger partial charge in [-0.05, 0) is 56.7 Å². The second-order valence-electron chi connectivity index (χ2n) is 9.81. The number of nitrogens with one attached hydrogen (secondary N) is 2. The molecule has 1 saturated heterocycles. The third kappa shape index (κ3) is 5.52. The molecule has 3 aromatic heterocycles. The molecule has 0 aromatic carbocycles. The second-order valence-corrected chi connectivity index (χ2v) is 10.2. The summed E-state index contributed by atoms with van der Waals surface area (Å²) < 4.78 is 5.20. The molecule has 1 aliphatic heterocycles. The van der Waals surface area contributed by atoms with E-state index in [9.17, 15) is 4.79 Å². The third-order valence-electron chi connectivity index (χ3n) is 7.37. The number of pyridine rings is 2. The lowest BCUT2D eigenvalue weighted by molar-refractivity contribution is -0.142. The monoisotopic (exact) mass is 509 g/mol. The fourth-order valence-corrected chi connectivity index (χ4v) is 4.99. The van der Waals surface area contributed by atoms with Crippen molar-refractivity contribution in [2.45, 2.75) is 50.6 Å². The molecule has 1 unspecified atom stereocenters. The SMILES string of the molecule is CC(C(=O)N(C)C1COC1)c1cnc(NC[C@H]2CC[C@H](Nc3ccc4ccnc(Cl)c4n3)CC2)nc1. The number of ether oxygens (including phenoxy) is 1. The minimum atomic E-state index is -0.281. The Hall–Kier alpha value is -3.04. The molecule has 10 heteroatoms. The molecule has 1 amide bonds. The summed E-state index contributed by atoms with van der Waals surface area (Å²) in [5, 5.41) is 8.35. The summed E-state index contributed by atoms with van der Waals surface area (Å²) in [5.74, 6) is 1.79. The van der Waals surface area contributed by atoms with Gasteiger partial charge in [-0.15, -0.1) is 0 Å². The van der Waals surface area contributed by atoms with Crippen LogP contribution in [0.15, 0.2) is 36.8 Å². The maximum Gasteiger partial charge on any atom is 0.230 e. The van der Waals surface area contributed by atoms with Crippen LogP contribution in [0.4, 0.5) is 11.8 Å². The van der Waals surface area contributed by atoms with Gasteiger partial charge < -0.3 is 20.3 Å². The summed E-state index contributed by atoms with van der Waals surface area (Å²) >= 11 is 6.21. The topological polar surface area (TPSA) is 105 Å². The van der Waals surface area contributed by atoms with Crippen LogP contribution in [0.1, 0.15) is 44.1 Å². The van der Waals surface area contributed by atoms with Gasteiger partial charge in [-0.25, -0.2) is 19.9 Å². The Morgan fingerprint density at radius 3 is 2.58 bits per heavy atom. The number of amides is 1. The summed E-state index contributed by atoms with van der Waals surface area (Å²) in [7, 11) is 1.83. The smallest absolute Gasteiger partial charge is 0.230 e. The van der Waals surface area contributed by atoms with Crippen LogP contribution in [0.3, 0.4) is 0 Å². The molecular weight excluding hydrogens is 478 g/mol. The first kappa shape index (κ1) is 24.6. The maximum atomic E-state index is 12.7. The first-order chi connectivity index (χ1) is 17.5. The minimum Gasteiger partial charge on any atom is -0.377 e. The van der Waals surface area contributed by atoms with Gasteiger partial charge >= 0.3 is 0 Å². The Kier molecular flexibility index (Phi) is 7.48. The molecule has 0 spiro atoms. The van der Waals surface area contributed by atoms with Crippen LogP contribution in [0.5, 0.6) is 0 Å². The van der Waals surface area contributed by atoms with E-state index >= 15 is 0 Å². The Morgan fingerprint density at radius 1 is 1.14 bits per heavy atom. The van der Waals surface area contributed by atoms with Crippen LogP contribution < -0.4 is 10.6 Å². The summed E-state index contributed by atoms with van der Waals surface area (Å²) in [6, 6.07) is 6.50. The van der Waals surface area contributed by atoms with Crippen molar-refractivity contribution in [3.63, 3.8) is 0 Å². The van der Waals surface area contributed by atoms with Crippen molar-refractivity contribution in [3.8, 4) is 0 Å². The molecule has 1 aliphatic carbocycles. The highest BCUT2D eigenvalue weighted by molar-refractivity contribution is 6.33. The van der Waals surface area contributed by atoms with Gasteiger partial charge in [0.15, 0.2) is 5.15 Å². The molecule has 2 aliphatic rings. The summed E-state index contributed by atoms with van der Waals surface area (Å²) in [5.41, 5.74) is 1.55. The largest absolute Gasteiger partial charge is 0.377 e. The molecule has 0 bridgehead atoms. The van der Waals surface area contributed by atoms with Crippen LogP contribution in [0.2, 0.25) is 5.15 Å². The number of likely N-dealkylation sites (N-methyl/N-ethyl adjacent to an activating group) is 1. The van der Waals surface area contributed by atoms with Crippen LogP contribution in [-0.2, 0) is 9.53 Å². The number of hydrogen-bond donors (Lipinski definition) is 2. The summed E-state index contributed by atoms with van der Waals surface area (Å²) in [6.45, 7) is 3.95. The van der Waals surface area contributed by atoms with Crippen molar-refractivity contribution < 1.29 is 9.53 Å². The molecule has 9 nitrogen and oxygen atoms in total. The molecular formula is C26H32ClN7O2. The number of carbonyl (C=O) groups is 1. The minimum absolute atomic E-state index is 0.0663. The van der Waals surface area contributed by atoms with Gasteiger partial charge in [-0.3, -0.25) is 4.79 Å². The molecule has 1 atom stereocenters. The zero-order chi connectivity index (χ0) is 25.1. The van der Waals surface area contributed by atoms with E-state index in [1.807, 2.05) is 32.2 Å². The van der Waals surface area contributed by atoms with E-state index < -0.39 is 0 Å². The Morgan fingerprint density at radius 2 is 1.89 bits per heavy atom. The van der Waals surface area contributed by atoms with E-state index in [4.69, 9.17) is 16.3 Å². The molecule has 4 heterocycles. The van der Waals surface area contributed by atoms with Gasteiger partial charge in [0.1, 0.15) is 11.3 Å². The van der Waals surface area contributed by atoms with Crippen LogP contribution in [-0.4, -0.2) is 69.6 Å². The number of nitrogens with zero attached hydrogens (tertiary/aromatic N) is 5. The van der Waals surface area contributed by atoms with E-state index in [-0.39, 0.29) is 17.9 Å². The molecule has 2 fully saturated rings. The summed E-state index contributed by atoms with van der Waals surface area (Å²) in [4.78, 5) is 32.2. The maximum absolute atomic E-state index is 12.7. The molecule has 5 rings (SSSR count). The van der Waals surface area contributed by atoms with Crippen molar-refractivity contribution in [3.05, 3.63) is 47.5 Å². The summed E-state index contributed by atoms with van der Waals surface area (Å²) in [6.07, 6.45) is 9.58. The predicted octanol–water partition coefficient (Wildman–Crippen LogP) is 4.12. The van der Waals surface area contributed by atoms with Gasteiger partial charge in [-0.1, -0.05) is 11.6 Å². The lowest BCUT2D eigenvalue weighted by Gasteiger charge is -2.35. The molecule has 190 valence electrons. The Labute approximate surface area is 216 Å². The normalized spacial score (nSPS) is 21.0. The molecule has 0 radical (unpaired) electrons. The predicted molar refractivity (Wildman–Crippen MR) is 140 cm³/mol. The van der Waals surface area contributed by atoms with Crippen molar-refractivity contribution in [1.29, 1.82) is 0 Å². The second kappa shape index (κ2) is 10.9.